The van der Waals surface area contributed by atoms with Gasteiger partial charge in [-0.1, -0.05) is 13.0 Å². The molecule has 2 aromatic rings. The Hall–Kier alpha value is -1.99. The van der Waals surface area contributed by atoms with Gasteiger partial charge in [0.15, 0.2) is 0 Å². The van der Waals surface area contributed by atoms with Crippen molar-refractivity contribution in [2.24, 2.45) is 0 Å². The van der Waals surface area contributed by atoms with Gasteiger partial charge in [-0.2, -0.15) is 5.10 Å². The molecule has 2 aromatic heterocycles. The molecule has 1 saturated heterocycles. The maximum atomic E-state index is 13.0. The van der Waals surface area contributed by atoms with Gasteiger partial charge in [-0.25, -0.2) is 4.68 Å². The molecule has 7 heteroatoms. The molecule has 1 amide bonds. The lowest BCUT2D eigenvalue weighted by molar-refractivity contribution is 0.0503. The van der Waals surface area contributed by atoms with Crippen molar-refractivity contribution in [1.82, 2.24) is 14.7 Å². The van der Waals surface area contributed by atoms with Crippen molar-refractivity contribution in [2.75, 3.05) is 13.2 Å². The van der Waals surface area contributed by atoms with Gasteiger partial charge in [0.25, 0.3) is 11.5 Å². The summed E-state index contributed by atoms with van der Waals surface area (Å²) in [5.41, 5.74) is 0.130. The highest BCUT2D eigenvalue weighted by atomic mass is 32.1. The number of amides is 1. The Bertz CT molecular complexity index is 751. The minimum absolute atomic E-state index is 0.0745. The van der Waals surface area contributed by atoms with E-state index in [0.717, 1.165) is 30.7 Å². The van der Waals surface area contributed by atoms with Crippen LogP contribution in [0.1, 0.15) is 41.6 Å². The van der Waals surface area contributed by atoms with Gasteiger partial charge in [0, 0.05) is 30.6 Å². The van der Waals surface area contributed by atoms with E-state index in [-0.39, 0.29) is 17.6 Å². The molecule has 1 aliphatic heterocycles. The summed E-state index contributed by atoms with van der Waals surface area (Å²) in [5.74, 6) is -0.159. The van der Waals surface area contributed by atoms with Crippen LogP contribution in [0.25, 0.3) is 0 Å². The Kier molecular flexibility index (Phi) is 5.99. The normalized spacial score (nSPS) is 16.9. The highest BCUT2D eigenvalue weighted by Crippen LogP contribution is 2.18. The lowest BCUT2D eigenvalue weighted by Gasteiger charge is -2.25. The van der Waals surface area contributed by atoms with Crippen molar-refractivity contribution in [3.8, 4) is 0 Å². The summed E-state index contributed by atoms with van der Waals surface area (Å²) in [6.07, 6.45) is 2.87. The SMILES string of the molecule is CCCn1nc(C(=O)N(Cc2cccs2)CC2CCCO2)ccc1=O. The molecule has 6 nitrogen and oxygen atoms in total. The van der Waals surface area contributed by atoms with Crippen LogP contribution in [-0.4, -0.2) is 39.8 Å². The topological polar surface area (TPSA) is 64.4 Å². The van der Waals surface area contributed by atoms with E-state index < -0.39 is 0 Å². The van der Waals surface area contributed by atoms with Crippen LogP contribution in [0, 0.1) is 0 Å². The molecule has 0 aliphatic carbocycles. The molecule has 0 saturated carbocycles. The molecule has 1 aliphatic rings. The van der Waals surface area contributed by atoms with Gasteiger partial charge in [0.05, 0.1) is 12.6 Å². The molecular weight excluding hydrogens is 338 g/mol. The van der Waals surface area contributed by atoms with E-state index in [1.54, 1.807) is 16.2 Å². The average molecular weight is 361 g/mol. The Morgan fingerprint density at radius 3 is 3.00 bits per heavy atom. The Balaban J connectivity index is 1.82. The van der Waals surface area contributed by atoms with E-state index in [4.69, 9.17) is 4.74 Å². The zero-order chi connectivity index (χ0) is 17.6. The summed E-state index contributed by atoms with van der Waals surface area (Å²) in [4.78, 5) is 27.8. The molecule has 134 valence electrons. The summed E-state index contributed by atoms with van der Waals surface area (Å²) in [6, 6.07) is 6.94. The van der Waals surface area contributed by atoms with Gasteiger partial charge in [0.1, 0.15) is 5.69 Å². The first-order valence-electron chi connectivity index (χ1n) is 8.69. The number of thiophene rings is 1. The standard InChI is InChI=1S/C18H23N3O3S/c1-2-9-21-17(22)8-7-16(19-21)18(23)20(12-14-5-3-10-24-14)13-15-6-4-11-25-15/h4,6-8,11,14H,2-3,5,9-10,12-13H2,1H3. The molecule has 3 rings (SSSR count). The summed E-state index contributed by atoms with van der Waals surface area (Å²) in [5, 5.41) is 6.27. The van der Waals surface area contributed by atoms with Gasteiger partial charge in [-0.05, 0) is 36.8 Å². The zero-order valence-electron chi connectivity index (χ0n) is 14.4. The first-order chi connectivity index (χ1) is 12.2. The monoisotopic (exact) mass is 361 g/mol. The van der Waals surface area contributed by atoms with Crippen LogP contribution in [0.4, 0.5) is 0 Å². The predicted octanol–water partition coefficient (Wildman–Crippen LogP) is 2.54. The molecule has 25 heavy (non-hydrogen) atoms. The minimum atomic E-state index is -0.178. The number of carbonyl (C=O) groups is 1. The fourth-order valence-electron chi connectivity index (χ4n) is 2.94. The van der Waals surface area contributed by atoms with Gasteiger partial charge >= 0.3 is 0 Å². The van der Waals surface area contributed by atoms with Crippen LogP contribution in [-0.2, 0) is 17.8 Å². The number of aromatic nitrogens is 2. The number of hydrogen-bond donors (Lipinski definition) is 0. The zero-order valence-corrected chi connectivity index (χ0v) is 15.2. The van der Waals surface area contributed by atoms with Gasteiger partial charge in [-0.15, -0.1) is 11.3 Å². The van der Waals surface area contributed by atoms with E-state index >= 15 is 0 Å². The lowest BCUT2D eigenvalue weighted by Crippen LogP contribution is -2.38. The van der Waals surface area contributed by atoms with Crippen LogP contribution in [0.2, 0.25) is 0 Å². The van der Waals surface area contributed by atoms with Crippen LogP contribution in [0.3, 0.4) is 0 Å². The Morgan fingerprint density at radius 2 is 2.32 bits per heavy atom. The fourth-order valence-corrected chi connectivity index (χ4v) is 3.66. The number of ether oxygens (including phenoxy) is 1. The molecule has 1 fully saturated rings. The fraction of sp³-hybridized carbons (Fsp3) is 0.500. The van der Waals surface area contributed by atoms with Crippen molar-refractivity contribution < 1.29 is 9.53 Å². The summed E-state index contributed by atoms with van der Waals surface area (Å²) in [6.45, 7) is 4.32. The molecular formula is C18H23N3O3S. The summed E-state index contributed by atoms with van der Waals surface area (Å²) >= 11 is 1.63. The molecule has 0 radical (unpaired) electrons. The maximum Gasteiger partial charge on any atom is 0.274 e. The number of carbonyl (C=O) groups excluding carboxylic acids is 1. The summed E-state index contributed by atoms with van der Waals surface area (Å²) < 4.78 is 7.07. The number of rotatable bonds is 7. The van der Waals surface area contributed by atoms with E-state index in [2.05, 4.69) is 5.10 Å². The highest BCUT2D eigenvalue weighted by Gasteiger charge is 2.25. The molecule has 0 bridgehead atoms. The molecule has 0 N–H and O–H groups in total. The van der Waals surface area contributed by atoms with E-state index in [1.807, 2.05) is 24.4 Å². The number of hydrogen-bond acceptors (Lipinski definition) is 5. The van der Waals surface area contributed by atoms with Crippen molar-refractivity contribution in [2.45, 2.75) is 45.4 Å². The largest absolute Gasteiger partial charge is 0.376 e. The van der Waals surface area contributed by atoms with Gasteiger partial charge in [0.2, 0.25) is 0 Å². The first-order valence-corrected chi connectivity index (χ1v) is 9.56. The second-order valence-electron chi connectivity index (χ2n) is 6.18. The second-order valence-corrected chi connectivity index (χ2v) is 7.21. The predicted molar refractivity (Wildman–Crippen MR) is 96.8 cm³/mol. The van der Waals surface area contributed by atoms with Crippen molar-refractivity contribution in [3.05, 3.63) is 50.6 Å². The van der Waals surface area contributed by atoms with Gasteiger partial charge < -0.3 is 9.64 Å². The third kappa shape index (κ3) is 4.55. The summed E-state index contributed by atoms with van der Waals surface area (Å²) in [7, 11) is 0. The molecule has 1 atom stereocenters. The number of aryl methyl sites for hydroxylation is 1. The first kappa shape index (κ1) is 17.8. The van der Waals surface area contributed by atoms with E-state index in [1.165, 1.54) is 16.8 Å². The molecule has 3 heterocycles. The van der Waals surface area contributed by atoms with Crippen molar-refractivity contribution in [3.63, 3.8) is 0 Å². The van der Waals surface area contributed by atoms with E-state index in [0.29, 0.717) is 25.3 Å². The van der Waals surface area contributed by atoms with Crippen LogP contribution in [0.15, 0.2) is 34.4 Å². The highest BCUT2D eigenvalue weighted by molar-refractivity contribution is 7.09. The smallest absolute Gasteiger partial charge is 0.274 e. The lowest BCUT2D eigenvalue weighted by atomic mass is 10.2. The Labute approximate surface area is 151 Å². The van der Waals surface area contributed by atoms with Crippen LogP contribution < -0.4 is 5.56 Å². The van der Waals surface area contributed by atoms with Crippen molar-refractivity contribution >= 4 is 17.2 Å². The third-order valence-corrected chi connectivity index (χ3v) is 5.04. The third-order valence-electron chi connectivity index (χ3n) is 4.18. The molecule has 0 spiro atoms. The average Bonchev–Trinajstić information content (AvgIpc) is 3.30. The Morgan fingerprint density at radius 1 is 1.44 bits per heavy atom. The second kappa shape index (κ2) is 8.40. The minimum Gasteiger partial charge on any atom is -0.376 e. The molecule has 1 unspecified atom stereocenters. The van der Waals surface area contributed by atoms with Crippen LogP contribution in [0.5, 0.6) is 0 Å². The van der Waals surface area contributed by atoms with Gasteiger partial charge in [-0.3, -0.25) is 9.59 Å². The maximum absolute atomic E-state index is 13.0. The number of nitrogens with zero attached hydrogens (tertiary/aromatic N) is 3. The molecule has 0 aromatic carbocycles. The van der Waals surface area contributed by atoms with Crippen molar-refractivity contribution in [1.29, 1.82) is 0 Å². The van der Waals surface area contributed by atoms with Crippen LogP contribution >= 0.6 is 11.3 Å². The van der Waals surface area contributed by atoms with E-state index in [9.17, 15) is 9.59 Å². The quantitative estimate of drug-likeness (QED) is 0.760.